The lowest BCUT2D eigenvalue weighted by Gasteiger charge is -2.17. The van der Waals surface area contributed by atoms with Crippen LogP contribution in [0.4, 0.5) is 5.13 Å². The van der Waals surface area contributed by atoms with Crippen LogP contribution in [0.2, 0.25) is 0 Å². The van der Waals surface area contributed by atoms with Crippen LogP contribution in [0.5, 0.6) is 0 Å². The molecule has 0 saturated heterocycles. The highest BCUT2D eigenvalue weighted by Gasteiger charge is 2.13. The van der Waals surface area contributed by atoms with E-state index in [-0.39, 0.29) is 6.04 Å². The molecule has 1 unspecified atom stereocenters. The Morgan fingerprint density at radius 2 is 2.05 bits per heavy atom. The summed E-state index contributed by atoms with van der Waals surface area (Å²) in [7, 11) is 0. The number of nitrogens with zero attached hydrogens (tertiary/aromatic N) is 4. The number of para-hydroxylation sites is 1. The maximum Gasteiger partial charge on any atom is 0.206 e. The van der Waals surface area contributed by atoms with Crippen molar-refractivity contribution in [2.24, 2.45) is 0 Å². The van der Waals surface area contributed by atoms with Gasteiger partial charge in [0.15, 0.2) is 0 Å². The standard InChI is InChI=1S/C14H15N5S/c1-10(16-14-18-17-11(2)20-14)12-6-3-4-7-13(12)19-9-5-8-15-19/h3-10H,1-2H3,(H,16,18). The third-order valence-corrected chi connectivity index (χ3v) is 3.79. The van der Waals surface area contributed by atoms with Crippen molar-refractivity contribution in [3.05, 3.63) is 53.3 Å². The van der Waals surface area contributed by atoms with Crippen molar-refractivity contribution >= 4 is 16.5 Å². The van der Waals surface area contributed by atoms with E-state index in [1.165, 1.54) is 5.56 Å². The number of anilines is 1. The SMILES string of the molecule is Cc1nnc(NC(C)c2ccccc2-n2cccn2)s1. The highest BCUT2D eigenvalue weighted by Crippen LogP contribution is 2.25. The molecule has 1 aromatic carbocycles. The first-order valence-corrected chi connectivity index (χ1v) is 7.21. The van der Waals surface area contributed by atoms with E-state index < -0.39 is 0 Å². The zero-order valence-corrected chi connectivity index (χ0v) is 12.1. The van der Waals surface area contributed by atoms with Crippen molar-refractivity contribution in [2.75, 3.05) is 5.32 Å². The maximum atomic E-state index is 4.30. The Balaban J connectivity index is 1.90. The van der Waals surface area contributed by atoms with Gasteiger partial charge in [0.05, 0.1) is 11.7 Å². The average Bonchev–Trinajstić information content (AvgIpc) is 3.10. The molecule has 2 aromatic heterocycles. The highest BCUT2D eigenvalue weighted by atomic mass is 32.1. The number of rotatable bonds is 4. The molecule has 0 aliphatic carbocycles. The molecular weight excluding hydrogens is 270 g/mol. The van der Waals surface area contributed by atoms with Gasteiger partial charge in [-0.1, -0.05) is 29.5 Å². The Kier molecular flexibility index (Phi) is 3.47. The summed E-state index contributed by atoms with van der Waals surface area (Å²) in [6.07, 6.45) is 3.73. The van der Waals surface area contributed by atoms with Gasteiger partial charge in [0.2, 0.25) is 5.13 Å². The third-order valence-electron chi connectivity index (χ3n) is 3.02. The number of aromatic nitrogens is 4. The number of aryl methyl sites for hydroxylation is 1. The fraction of sp³-hybridized carbons (Fsp3) is 0.214. The van der Waals surface area contributed by atoms with Crippen molar-refractivity contribution in [1.82, 2.24) is 20.0 Å². The second-order valence-electron chi connectivity index (χ2n) is 4.50. The van der Waals surface area contributed by atoms with Crippen LogP contribution >= 0.6 is 11.3 Å². The molecule has 2 heterocycles. The van der Waals surface area contributed by atoms with Gasteiger partial charge < -0.3 is 5.32 Å². The average molecular weight is 285 g/mol. The first-order valence-electron chi connectivity index (χ1n) is 6.39. The van der Waals surface area contributed by atoms with E-state index >= 15 is 0 Å². The van der Waals surface area contributed by atoms with Gasteiger partial charge in [0, 0.05) is 12.4 Å². The second-order valence-corrected chi connectivity index (χ2v) is 5.68. The number of hydrogen-bond donors (Lipinski definition) is 1. The number of benzene rings is 1. The van der Waals surface area contributed by atoms with Gasteiger partial charge in [0.1, 0.15) is 5.01 Å². The van der Waals surface area contributed by atoms with E-state index in [1.54, 1.807) is 17.5 Å². The molecule has 1 atom stereocenters. The molecule has 6 heteroatoms. The molecule has 1 N–H and O–H groups in total. The van der Waals surface area contributed by atoms with Crippen LogP contribution in [0.15, 0.2) is 42.7 Å². The summed E-state index contributed by atoms with van der Waals surface area (Å²) in [6, 6.07) is 10.3. The molecule has 102 valence electrons. The largest absolute Gasteiger partial charge is 0.353 e. The van der Waals surface area contributed by atoms with Crippen LogP contribution in [0.1, 0.15) is 23.5 Å². The summed E-state index contributed by atoms with van der Waals surface area (Å²) >= 11 is 1.56. The molecule has 0 radical (unpaired) electrons. The van der Waals surface area contributed by atoms with Gasteiger partial charge in [-0.2, -0.15) is 5.10 Å². The van der Waals surface area contributed by atoms with E-state index in [0.717, 1.165) is 15.8 Å². The molecule has 0 saturated carbocycles. The predicted molar refractivity (Wildman–Crippen MR) is 80.2 cm³/mol. The maximum absolute atomic E-state index is 4.30. The van der Waals surface area contributed by atoms with Gasteiger partial charge in [-0.05, 0) is 31.5 Å². The second kappa shape index (κ2) is 5.42. The summed E-state index contributed by atoms with van der Waals surface area (Å²) in [5, 5.41) is 17.6. The van der Waals surface area contributed by atoms with Crippen LogP contribution in [0, 0.1) is 6.92 Å². The molecule has 3 aromatic rings. The molecule has 20 heavy (non-hydrogen) atoms. The topological polar surface area (TPSA) is 55.6 Å². The highest BCUT2D eigenvalue weighted by molar-refractivity contribution is 7.15. The van der Waals surface area contributed by atoms with Crippen LogP contribution in [-0.4, -0.2) is 20.0 Å². The molecule has 0 amide bonds. The summed E-state index contributed by atoms with van der Waals surface area (Å²) < 4.78 is 1.87. The van der Waals surface area contributed by atoms with Gasteiger partial charge in [-0.15, -0.1) is 10.2 Å². The van der Waals surface area contributed by atoms with Crippen molar-refractivity contribution in [2.45, 2.75) is 19.9 Å². The van der Waals surface area contributed by atoms with Crippen LogP contribution in [0.25, 0.3) is 5.69 Å². The molecule has 0 aliphatic heterocycles. The predicted octanol–water partition coefficient (Wildman–Crippen LogP) is 3.21. The first-order chi connectivity index (χ1) is 9.74. The monoisotopic (exact) mass is 285 g/mol. The van der Waals surface area contributed by atoms with Gasteiger partial charge in [-0.3, -0.25) is 0 Å². The van der Waals surface area contributed by atoms with Gasteiger partial charge in [0.25, 0.3) is 0 Å². The summed E-state index contributed by atoms with van der Waals surface area (Å²) in [6.45, 7) is 4.06. The van der Waals surface area contributed by atoms with Crippen LogP contribution in [-0.2, 0) is 0 Å². The van der Waals surface area contributed by atoms with Crippen molar-refractivity contribution < 1.29 is 0 Å². The number of nitrogens with one attached hydrogen (secondary N) is 1. The Hall–Kier alpha value is -2.21. The summed E-state index contributed by atoms with van der Waals surface area (Å²) in [4.78, 5) is 0. The van der Waals surface area contributed by atoms with Gasteiger partial charge in [-0.25, -0.2) is 4.68 Å². The Morgan fingerprint density at radius 1 is 1.20 bits per heavy atom. The van der Waals surface area contributed by atoms with Crippen molar-refractivity contribution in [1.29, 1.82) is 0 Å². The first kappa shape index (κ1) is 12.8. The zero-order valence-electron chi connectivity index (χ0n) is 11.3. The third kappa shape index (κ3) is 2.55. The normalized spacial score (nSPS) is 12.3. The Bertz CT molecular complexity index is 689. The minimum atomic E-state index is 0.128. The lowest BCUT2D eigenvalue weighted by Crippen LogP contribution is -2.10. The Labute approximate surface area is 121 Å². The fourth-order valence-corrected chi connectivity index (χ4v) is 2.77. The molecule has 0 bridgehead atoms. The van der Waals surface area contributed by atoms with Crippen LogP contribution in [0.3, 0.4) is 0 Å². The lowest BCUT2D eigenvalue weighted by molar-refractivity contribution is 0.814. The minimum absolute atomic E-state index is 0.128. The molecular formula is C14H15N5S. The van der Waals surface area contributed by atoms with E-state index in [2.05, 4.69) is 39.7 Å². The zero-order chi connectivity index (χ0) is 13.9. The van der Waals surface area contributed by atoms with E-state index in [1.807, 2.05) is 36.0 Å². The quantitative estimate of drug-likeness (QED) is 0.799. The van der Waals surface area contributed by atoms with E-state index in [9.17, 15) is 0 Å². The number of hydrogen-bond acceptors (Lipinski definition) is 5. The molecule has 3 rings (SSSR count). The van der Waals surface area contributed by atoms with E-state index in [0.29, 0.717) is 0 Å². The summed E-state index contributed by atoms with van der Waals surface area (Å²) in [5.74, 6) is 0. The molecule has 0 spiro atoms. The summed E-state index contributed by atoms with van der Waals surface area (Å²) in [5.41, 5.74) is 2.24. The van der Waals surface area contributed by atoms with Crippen molar-refractivity contribution in [3.8, 4) is 5.69 Å². The van der Waals surface area contributed by atoms with Crippen molar-refractivity contribution in [3.63, 3.8) is 0 Å². The lowest BCUT2D eigenvalue weighted by atomic mass is 10.1. The molecule has 0 fully saturated rings. The van der Waals surface area contributed by atoms with Crippen LogP contribution < -0.4 is 5.32 Å². The van der Waals surface area contributed by atoms with Gasteiger partial charge >= 0.3 is 0 Å². The minimum Gasteiger partial charge on any atom is -0.353 e. The smallest absolute Gasteiger partial charge is 0.206 e. The fourth-order valence-electron chi connectivity index (χ4n) is 2.09. The molecule has 5 nitrogen and oxygen atoms in total. The Morgan fingerprint density at radius 3 is 2.75 bits per heavy atom. The molecule has 0 aliphatic rings. The van der Waals surface area contributed by atoms with E-state index in [4.69, 9.17) is 0 Å².